The fraction of sp³-hybridized carbons (Fsp3) is 0.250. The highest BCUT2D eigenvalue weighted by Crippen LogP contribution is 2.26. The summed E-state index contributed by atoms with van der Waals surface area (Å²) in [6.07, 6.45) is 1.42. The van der Waals surface area contributed by atoms with Gasteiger partial charge in [-0.1, -0.05) is 36.4 Å². The van der Waals surface area contributed by atoms with Gasteiger partial charge in [-0.05, 0) is 29.7 Å². The number of Topliss-reactive ketones (excluding diaryl/α,β-unsaturated/α-hetero) is 1. The average Bonchev–Trinajstić information content (AvgIpc) is 3.01. The van der Waals surface area contributed by atoms with Crippen molar-refractivity contribution in [2.45, 2.75) is 25.3 Å². The largest absolute Gasteiger partial charge is 0.484 e. The molecule has 1 aliphatic rings. The van der Waals surface area contributed by atoms with Crippen molar-refractivity contribution in [2.75, 3.05) is 6.61 Å². The van der Waals surface area contributed by atoms with Gasteiger partial charge in [0, 0.05) is 18.4 Å². The lowest BCUT2D eigenvalue weighted by molar-refractivity contribution is -0.142. The van der Waals surface area contributed by atoms with Gasteiger partial charge < -0.3 is 15.2 Å². The summed E-state index contributed by atoms with van der Waals surface area (Å²) in [6.45, 7) is -0.314. The van der Waals surface area contributed by atoms with Gasteiger partial charge in [0.2, 0.25) is 0 Å². The lowest BCUT2D eigenvalue weighted by atomic mass is 10.1. The number of nitrogens with one attached hydrogen (secondary N) is 1. The van der Waals surface area contributed by atoms with Crippen molar-refractivity contribution in [1.82, 2.24) is 5.32 Å². The van der Waals surface area contributed by atoms with Crippen LogP contribution in [0.15, 0.2) is 48.5 Å². The normalized spacial score (nSPS) is 13.8. The first-order valence-corrected chi connectivity index (χ1v) is 8.38. The van der Waals surface area contributed by atoms with Crippen molar-refractivity contribution in [1.29, 1.82) is 0 Å². The topological polar surface area (TPSA) is 92.7 Å². The van der Waals surface area contributed by atoms with E-state index < -0.39 is 17.9 Å². The van der Waals surface area contributed by atoms with Gasteiger partial charge in [0.25, 0.3) is 5.91 Å². The van der Waals surface area contributed by atoms with Crippen LogP contribution in [0.1, 0.15) is 27.9 Å². The number of hydrogen-bond donors (Lipinski definition) is 2. The quantitative estimate of drug-likeness (QED) is 0.794. The van der Waals surface area contributed by atoms with Crippen LogP contribution >= 0.6 is 0 Å². The molecule has 0 unspecified atom stereocenters. The van der Waals surface area contributed by atoms with E-state index in [-0.39, 0.29) is 18.8 Å². The Balaban J connectivity index is 1.56. The molecule has 134 valence electrons. The summed E-state index contributed by atoms with van der Waals surface area (Å²) in [6, 6.07) is 13.2. The van der Waals surface area contributed by atoms with Gasteiger partial charge in [0.15, 0.2) is 12.4 Å². The SMILES string of the molecule is O=C(COc1ccc2c(c1)C(=O)CC2)N[C@H](Cc1ccccc1)C(=O)O. The maximum Gasteiger partial charge on any atom is 0.326 e. The molecule has 3 rings (SSSR count). The Kier molecular flexibility index (Phi) is 5.31. The molecule has 1 amide bonds. The van der Waals surface area contributed by atoms with E-state index in [9.17, 15) is 19.5 Å². The van der Waals surface area contributed by atoms with Crippen molar-refractivity contribution in [3.05, 3.63) is 65.2 Å². The minimum atomic E-state index is -1.11. The van der Waals surface area contributed by atoms with E-state index in [0.29, 0.717) is 17.7 Å². The monoisotopic (exact) mass is 353 g/mol. The second-order valence-corrected chi connectivity index (χ2v) is 6.18. The Morgan fingerprint density at radius 2 is 1.88 bits per heavy atom. The molecule has 1 aliphatic carbocycles. The predicted octanol–water partition coefficient (Wildman–Crippen LogP) is 2.01. The highest BCUT2D eigenvalue weighted by Gasteiger charge is 2.22. The zero-order valence-corrected chi connectivity index (χ0v) is 14.1. The number of ketones is 1. The summed E-state index contributed by atoms with van der Waals surface area (Å²) >= 11 is 0. The molecular weight excluding hydrogens is 334 g/mol. The first-order chi connectivity index (χ1) is 12.5. The number of fused-ring (bicyclic) bond motifs is 1. The van der Waals surface area contributed by atoms with Crippen molar-refractivity contribution in [2.24, 2.45) is 0 Å². The van der Waals surface area contributed by atoms with E-state index in [0.717, 1.165) is 17.5 Å². The highest BCUT2D eigenvalue weighted by atomic mass is 16.5. The van der Waals surface area contributed by atoms with E-state index in [2.05, 4.69) is 5.32 Å². The van der Waals surface area contributed by atoms with Crippen LogP contribution in [0.25, 0.3) is 0 Å². The molecule has 2 aromatic rings. The first-order valence-electron chi connectivity index (χ1n) is 8.38. The summed E-state index contributed by atoms with van der Waals surface area (Å²) < 4.78 is 5.42. The van der Waals surface area contributed by atoms with Crippen LogP contribution in [-0.4, -0.2) is 35.4 Å². The standard InChI is InChI=1S/C20H19NO5/c22-18-9-7-14-6-8-15(11-16(14)18)26-12-19(23)21-17(20(24)25)10-13-4-2-1-3-5-13/h1-6,8,11,17H,7,9-10,12H2,(H,21,23)(H,24,25)/t17-/m1/s1. The third-order valence-corrected chi connectivity index (χ3v) is 4.29. The fourth-order valence-corrected chi connectivity index (χ4v) is 2.94. The second-order valence-electron chi connectivity index (χ2n) is 6.18. The van der Waals surface area contributed by atoms with Gasteiger partial charge in [-0.15, -0.1) is 0 Å². The molecule has 26 heavy (non-hydrogen) atoms. The van der Waals surface area contributed by atoms with Gasteiger partial charge in [-0.25, -0.2) is 4.79 Å². The summed E-state index contributed by atoms with van der Waals surface area (Å²) in [7, 11) is 0. The molecule has 0 radical (unpaired) electrons. The Hall–Kier alpha value is -3.15. The Bertz CT molecular complexity index is 831. The number of rotatable bonds is 7. The number of aryl methyl sites for hydroxylation is 1. The van der Waals surface area contributed by atoms with E-state index in [1.165, 1.54) is 0 Å². The number of carbonyl (C=O) groups is 3. The summed E-state index contributed by atoms with van der Waals surface area (Å²) in [5.41, 5.74) is 2.44. The molecule has 1 atom stereocenters. The molecule has 0 saturated carbocycles. The van der Waals surface area contributed by atoms with Crippen LogP contribution < -0.4 is 10.1 Å². The Labute approximate surface area is 150 Å². The minimum Gasteiger partial charge on any atom is -0.484 e. The number of aliphatic carboxylic acids is 1. The van der Waals surface area contributed by atoms with Crippen LogP contribution in [0.2, 0.25) is 0 Å². The van der Waals surface area contributed by atoms with Crippen LogP contribution in [0.3, 0.4) is 0 Å². The molecule has 0 saturated heterocycles. The number of ether oxygens (including phenoxy) is 1. The third kappa shape index (κ3) is 4.27. The zero-order valence-electron chi connectivity index (χ0n) is 14.1. The van der Waals surface area contributed by atoms with E-state index in [1.54, 1.807) is 24.3 Å². The number of carbonyl (C=O) groups excluding carboxylic acids is 2. The van der Waals surface area contributed by atoms with Gasteiger partial charge in [0.1, 0.15) is 11.8 Å². The minimum absolute atomic E-state index is 0.0729. The molecule has 6 nitrogen and oxygen atoms in total. The molecule has 0 spiro atoms. The number of carboxylic acids is 1. The Morgan fingerprint density at radius 1 is 1.12 bits per heavy atom. The lowest BCUT2D eigenvalue weighted by Gasteiger charge is -2.15. The maximum absolute atomic E-state index is 12.1. The lowest BCUT2D eigenvalue weighted by Crippen LogP contribution is -2.44. The van der Waals surface area contributed by atoms with Crippen LogP contribution in [0.4, 0.5) is 0 Å². The fourth-order valence-electron chi connectivity index (χ4n) is 2.94. The first kappa shape index (κ1) is 17.7. The molecule has 2 aromatic carbocycles. The van der Waals surface area contributed by atoms with Crippen molar-refractivity contribution in [3.63, 3.8) is 0 Å². The molecular formula is C20H19NO5. The van der Waals surface area contributed by atoms with E-state index in [1.807, 2.05) is 24.3 Å². The number of amides is 1. The Morgan fingerprint density at radius 3 is 2.62 bits per heavy atom. The van der Waals surface area contributed by atoms with Crippen LogP contribution in [0, 0.1) is 0 Å². The van der Waals surface area contributed by atoms with Gasteiger partial charge in [-0.2, -0.15) is 0 Å². The van der Waals surface area contributed by atoms with Crippen LogP contribution in [0.5, 0.6) is 5.75 Å². The number of carboxylic acid groups (broad SMARTS) is 1. The molecule has 0 bridgehead atoms. The number of benzene rings is 2. The maximum atomic E-state index is 12.1. The number of hydrogen-bond acceptors (Lipinski definition) is 4. The summed E-state index contributed by atoms with van der Waals surface area (Å²) in [5.74, 6) is -1.14. The predicted molar refractivity (Wildman–Crippen MR) is 94.3 cm³/mol. The molecule has 0 heterocycles. The van der Waals surface area contributed by atoms with Crippen LogP contribution in [-0.2, 0) is 22.4 Å². The smallest absolute Gasteiger partial charge is 0.326 e. The average molecular weight is 353 g/mol. The molecule has 6 heteroatoms. The molecule has 0 fully saturated rings. The third-order valence-electron chi connectivity index (χ3n) is 4.29. The summed E-state index contributed by atoms with van der Waals surface area (Å²) in [5, 5.41) is 11.8. The van der Waals surface area contributed by atoms with Gasteiger partial charge in [-0.3, -0.25) is 9.59 Å². The van der Waals surface area contributed by atoms with Crippen molar-refractivity contribution < 1.29 is 24.2 Å². The molecule has 2 N–H and O–H groups in total. The highest BCUT2D eigenvalue weighted by molar-refractivity contribution is 6.00. The van der Waals surface area contributed by atoms with Crippen molar-refractivity contribution in [3.8, 4) is 5.75 Å². The van der Waals surface area contributed by atoms with Gasteiger partial charge in [0.05, 0.1) is 0 Å². The van der Waals surface area contributed by atoms with E-state index >= 15 is 0 Å². The van der Waals surface area contributed by atoms with E-state index in [4.69, 9.17) is 4.74 Å². The second kappa shape index (κ2) is 7.82. The molecule has 0 aliphatic heterocycles. The molecule has 0 aromatic heterocycles. The summed E-state index contributed by atoms with van der Waals surface area (Å²) in [4.78, 5) is 35.2. The van der Waals surface area contributed by atoms with Gasteiger partial charge >= 0.3 is 5.97 Å². The zero-order chi connectivity index (χ0) is 18.5. The van der Waals surface area contributed by atoms with Crippen molar-refractivity contribution >= 4 is 17.7 Å².